The second-order valence-corrected chi connectivity index (χ2v) is 6.72. The molecular formula is C13H17NO4S. The van der Waals surface area contributed by atoms with E-state index in [1.54, 1.807) is 12.1 Å². The van der Waals surface area contributed by atoms with E-state index >= 15 is 0 Å². The number of sulfonamides is 1. The molecule has 104 valence electrons. The molecule has 2 rings (SSSR count). The van der Waals surface area contributed by atoms with Crippen molar-refractivity contribution in [3.8, 4) is 0 Å². The zero-order valence-corrected chi connectivity index (χ0v) is 11.6. The predicted octanol–water partition coefficient (Wildman–Crippen LogP) is 0.892. The summed E-state index contributed by atoms with van der Waals surface area (Å²) in [6.45, 7) is 2.16. The summed E-state index contributed by atoms with van der Waals surface area (Å²) in [5.74, 6) is -0.155. The highest BCUT2D eigenvalue weighted by molar-refractivity contribution is 7.89. The molecule has 1 heterocycles. The summed E-state index contributed by atoms with van der Waals surface area (Å²) in [5.41, 5.74) is 0.388. The van der Waals surface area contributed by atoms with Crippen LogP contribution in [0.15, 0.2) is 29.2 Å². The van der Waals surface area contributed by atoms with E-state index < -0.39 is 10.0 Å². The minimum Gasteiger partial charge on any atom is -0.396 e. The fraction of sp³-hybridized carbons (Fsp3) is 0.462. The number of aliphatic hydroxyl groups is 1. The quantitative estimate of drug-likeness (QED) is 0.833. The summed E-state index contributed by atoms with van der Waals surface area (Å²) in [6.07, 6.45) is 0.669. The van der Waals surface area contributed by atoms with E-state index in [-0.39, 0.29) is 23.2 Å². The summed E-state index contributed by atoms with van der Waals surface area (Å²) >= 11 is 0. The summed E-state index contributed by atoms with van der Waals surface area (Å²) in [5, 5.41) is 9.07. The predicted molar refractivity (Wildman–Crippen MR) is 70.4 cm³/mol. The Bertz CT molecular complexity index is 582. The van der Waals surface area contributed by atoms with Gasteiger partial charge in [-0.2, -0.15) is 4.31 Å². The number of hydrogen-bond acceptors (Lipinski definition) is 4. The molecule has 1 atom stereocenters. The first-order chi connectivity index (χ1) is 8.95. The second-order valence-electron chi connectivity index (χ2n) is 4.78. The molecule has 5 nitrogen and oxygen atoms in total. The van der Waals surface area contributed by atoms with Crippen molar-refractivity contribution >= 4 is 15.8 Å². The van der Waals surface area contributed by atoms with Crippen LogP contribution in [0.2, 0.25) is 0 Å². The highest BCUT2D eigenvalue weighted by Gasteiger charge is 2.32. The topological polar surface area (TPSA) is 74.7 Å². The van der Waals surface area contributed by atoms with E-state index in [0.717, 1.165) is 0 Å². The van der Waals surface area contributed by atoms with Gasteiger partial charge in [-0.25, -0.2) is 8.42 Å². The Labute approximate surface area is 112 Å². The number of hydrogen-bond donors (Lipinski definition) is 1. The molecular weight excluding hydrogens is 266 g/mol. The molecule has 0 saturated carbocycles. The first-order valence-electron chi connectivity index (χ1n) is 6.17. The lowest BCUT2D eigenvalue weighted by Gasteiger charge is -2.16. The van der Waals surface area contributed by atoms with E-state index in [9.17, 15) is 13.2 Å². The maximum atomic E-state index is 12.4. The summed E-state index contributed by atoms with van der Waals surface area (Å²) < 4.78 is 26.2. The lowest BCUT2D eigenvalue weighted by molar-refractivity contribution is 0.101. The Kier molecular flexibility index (Phi) is 4.03. The van der Waals surface area contributed by atoms with Gasteiger partial charge >= 0.3 is 0 Å². The lowest BCUT2D eigenvalue weighted by Crippen LogP contribution is -2.29. The van der Waals surface area contributed by atoms with Crippen LogP contribution in [-0.2, 0) is 10.0 Å². The Morgan fingerprint density at radius 3 is 2.79 bits per heavy atom. The van der Waals surface area contributed by atoms with Crippen LogP contribution >= 0.6 is 0 Å². The molecule has 1 fully saturated rings. The van der Waals surface area contributed by atoms with Crippen molar-refractivity contribution in [2.45, 2.75) is 18.2 Å². The standard InChI is InChI=1S/C13H17NO4S/c1-10(16)12-3-2-4-13(7-12)19(17,18)14-6-5-11(8-14)9-15/h2-4,7,11,15H,5-6,8-9H2,1H3. The Balaban J connectivity index is 2.30. The summed E-state index contributed by atoms with van der Waals surface area (Å²) in [6, 6.07) is 6.07. The third kappa shape index (κ3) is 2.86. The van der Waals surface area contributed by atoms with Crippen molar-refractivity contribution < 1.29 is 18.3 Å². The first-order valence-corrected chi connectivity index (χ1v) is 7.61. The number of ketones is 1. The van der Waals surface area contributed by atoms with Gasteiger partial charge in [0.1, 0.15) is 0 Å². The number of benzene rings is 1. The zero-order chi connectivity index (χ0) is 14.0. The van der Waals surface area contributed by atoms with Crippen LogP contribution < -0.4 is 0 Å². The molecule has 1 aliphatic rings. The molecule has 0 aliphatic carbocycles. The van der Waals surface area contributed by atoms with Crippen LogP contribution in [0.3, 0.4) is 0 Å². The molecule has 0 radical (unpaired) electrons. The van der Waals surface area contributed by atoms with Gasteiger partial charge in [0, 0.05) is 25.3 Å². The maximum absolute atomic E-state index is 12.4. The highest BCUT2D eigenvalue weighted by atomic mass is 32.2. The maximum Gasteiger partial charge on any atom is 0.243 e. The number of nitrogens with zero attached hydrogens (tertiary/aromatic N) is 1. The van der Waals surface area contributed by atoms with Gasteiger partial charge in [0.2, 0.25) is 10.0 Å². The molecule has 0 amide bonds. The molecule has 0 aromatic heterocycles. The molecule has 1 aliphatic heterocycles. The van der Waals surface area contributed by atoms with Crippen molar-refractivity contribution in [2.75, 3.05) is 19.7 Å². The average Bonchev–Trinajstić information content (AvgIpc) is 2.88. The molecule has 1 saturated heterocycles. The highest BCUT2D eigenvalue weighted by Crippen LogP contribution is 2.24. The van der Waals surface area contributed by atoms with E-state index in [2.05, 4.69) is 0 Å². The van der Waals surface area contributed by atoms with Crippen LogP contribution in [0.25, 0.3) is 0 Å². The van der Waals surface area contributed by atoms with Gasteiger partial charge in [-0.1, -0.05) is 12.1 Å². The van der Waals surface area contributed by atoms with Gasteiger partial charge in [-0.3, -0.25) is 4.79 Å². The molecule has 0 spiro atoms. The van der Waals surface area contributed by atoms with E-state index in [0.29, 0.717) is 25.1 Å². The van der Waals surface area contributed by atoms with E-state index in [1.165, 1.54) is 23.4 Å². The summed E-state index contributed by atoms with van der Waals surface area (Å²) in [4.78, 5) is 11.4. The number of rotatable bonds is 4. The van der Waals surface area contributed by atoms with Crippen LogP contribution in [0.1, 0.15) is 23.7 Å². The minimum atomic E-state index is -3.57. The zero-order valence-electron chi connectivity index (χ0n) is 10.7. The number of carbonyl (C=O) groups is 1. The number of aliphatic hydroxyl groups excluding tert-OH is 1. The van der Waals surface area contributed by atoms with Crippen molar-refractivity contribution in [3.63, 3.8) is 0 Å². The normalized spacial score (nSPS) is 20.6. The van der Waals surface area contributed by atoms with Gasteiger partial charge in [-0.15, -0.1) is 0 Å². The fourth-order valence-corrected chi connectivity index (χ4v) is 3.77. The largest absolute Gasteiger partial charge is 0.396 e. The Hall–Kier alpha value is -1.24. The average molecular weight is 283 g/mol. The van der Waals surface area contributed by atoms with Crippen molar-refractivity contribution in [1.82, 2.24) is 4.31 Å². The van der Waals surface area contributed by atoms with Crippen LogP contribution in [0.4, 0.5) is 0 Å². The fourth-order valence-electron chi connectivity index (χ4n) is 2.19. The van der Waals surface area contributed by atoms with Crippen molar-refractivity contribution in [3.05, 3.63) is 29.8 Å². The molecule has 0 bridgehead atoms. The van der Waals surface area contributed by atoms with Gasteiger partial charge in [0.15, 0.2) is 5.78 Å². The minimum absolute atomic E-state index is 0.000490. The number of Topliss-reactive ketones (excluding diaryl/α,β-unsaturated/α-hetero) is 1. The van der Waals surface area contributed by atoms with Gasteiger partial charge in [-0.05, 0) is 31.4 Å². The monoisotopic (exact) mass is 283 g/mol. The smallest absolute Gasteiger partial charge is 0.243 e. The van der Waals surface area contributed by atoms with Crippen molar-refractivity contribution in [1.29, 1.82) is 0 Å². The van der Waals surface area contributed by atoms with Crippen LogP contribution in [0, 0.1) is 5.92 Å². The van der Waals surface area contributed by atoms with E-state index in [1.807, 2.05) is 0 Å². The van der Waals surface area contributed by atoms with Crippen molar-refractivity contribution in [2.24, 2.45) is 5.92 Å². The molecule has 19 heavy (non-hydrogen) atoms. The molecule has 1 N–H and O–H groups in total. The first kappa shape index (κ1) is 14.2. The Morgan fingerprint density at radius 2 is 2.21 bits per heavy atom. The summed E-state index contributed by atoms with van der Waals surface area (Å²) in [7, 11) is -3.57. The number of carbonyl (C=O) groups excluding carboxylic acids is 1. The lowest BCUT2D eigenvalue weighted by atomic mass is 10.1. The second kappa shape index (κ2) is 5.40. The van der Waals surface area contributed by atoms with Crippen LogP contribution in [0.5, 0.6) is 0 Å². The molecule has 1 unspecified atom stereocenters. The third-order valence-electron chi connectivity index (χ3n) is 3.39. The Morgan fingerprint density at radius 1 is 1.47 bits per heavy atom. The third-order valence-corrected chi connectivity index (χ3v) is 5.25. The molecule has 6 heteroatoms. The van der Waals surface area contributed by atoms with E-state index in [4.69, 9.17) is 5.11 Å². The van der Waals surface area contributed by atoms with Gasteiger partial charge in [0.25, 0.3) is 0 Å². The SMILES string of the molecule is CC(=O)c1cccc(S(=O)(=O)N2CCC(CO)C2)c1. The van der Waals surface area contributed by atoms with Gasteiger partial charge in [0.05, 0.1) is 4.90 Å². The molecule has 1 aromatic carbocycles. The van der Waals surface area contributed by atoms with Crippen LogP contribution in [-0.4, -0.2) is 43.3 Å². The van der Waals surface area contributed by atoms with Gasteiger partial charge < -0.3 is 5.11 Å². The molecule has 1 aromatic rings.